The van der Waals surface area contributed by atoms with Crippen molar-refractivity contribution in [1.29, 1.82) is 0 Å². The number of carbonyl (C=O) groups excluding carboxylic acids is 2. The molecular formula is C20H18FN3O4S2. The quantitative estimate of drug-likeness (QED) is 0.578. The minimum absolute atomic E-state index is 0.00814. The summed E-state index contributed by atoms with van der Waals surface area (Å²) >= 11 is 0.973. The molecule has 2 aromatic carbocycles. The molecule has 0 aliphatic heterocycles. The highest BCUT2D eigenvalue weighted by Gasteiger charge is 2.29. The van der Waals surface area contributed by atoms with Crippen molar-refractivity contribution in [2.75, 3.05) is 21.5 Å². The zero-order chi connectivity index (χ0) is 21.7. The number of thiophene rings is 1. The van der Waals surface area contributed by atoms with Crippen molar-refractivity contribution in [2.45, 2.75) is 11.1 Å². The minimum Gasteiger partial charge on any atom is -0.326 e. The molecule has 0 spiro atoms. The minimum atomic E-state index is -4.15. The lowest BCUT2D eigenvalue weighted by Gasteiger charge is -2.23. The third-order valence-corrected chi connectivity index (χ3v) is 7.05. The first-order chi connectivity index (χ1) is 14.3. The average molecular weight is 448 g/mol. The number of anilines is 3. The first kappa shape index (κ1) is 21.5. The first-order valence-corrected chi connectivity index (χ1v) is 11.1. The Bertz CT molecular complexity index is 1160. The van der Waals surface area contributed by atoms with Gasteiger partial charge in [-0.2, -0.15) is 0 Å². The van der Waals surface area contributed by atoms with Gasteiger partial charge in [-0.05, 0) is 41.8 Å². The van der Waals surface area contributed by atoms with E-state index in [2.05, 4.69) is 10.6 Å². The normalized spacial score (nSPS) is 11.0. The van der Waals surface area contributed by atoms with E-state index in [4.69, 9.17) is 0 Å². The molecule has 0 fully saturated rings. The maximum Gasteiger partial charge on any atom is 0.274 e. The number of sulfonamides is 1. The van der Waals surface area contributed by atoms with Gasteiger partial charge < -0.3 is 10.6 Å². The summed E-state index contributed by atoms with van der Waals surface area (Å²) in [5.41, 5.74) is 0.596. The highest BCUT2D eigenvalue weighted by molar-refractivity contribution is 7.94. The molecule has 3 aromatic rings. The summed E-state index contributed by atoms with van der Waals surface area (Å²) in [6, 6.07) is 14.7. The Morgan fingerprint density at radius 1 is 1.00 bits per heavy atom. The Morgan fingerprint density at radius 2 is 1.70 bits per heavy atom. The molecule has 1 aromatic heterocycles. The number of nitrogens with one attached hydrogen (secondary N) is 2. The standard InChI is InChI=1S/C20H18FN3O4S2/c1-14(25)22-15-6-4-7-16(12-15)23-19(26)13-24(18-9-3-2-8-17(18)21)30(27,28)20-10-5-11-29-20/h2-12H,13H2,1H3,(H,22,25)(H,23,26). The predicted octanol–water partition coefficient (Wildman–Crippen LogP) is 3.68. The van der Waals surface area contributed by atoms with Crippen LogP contribution in [-0.4, -0.2) is 26.8 Å². The Labute approximate surface area is 177 Å². The molecule has 0 atom stereocenters. The van der Waals surface area contributed by atoms with Crippen molar-refractivity contribution in [3.05, 3.63) is 71.9 Å². The average Bonchev–Trinajstić information content (AvgIpc) is 3.22. The third-order valence-electron chi connectivity index (χ3n) is 3.91. The van der Waals surface area contributed by atoms with Gasteiger partial charge in [0.1, 0.15) is 16.6 Å². The lowest BCUT2D eigenvalue weighted by Crippen LogP contribution is -2.38. The molecule has 0 bridgehead atoms. The monoisotopic (exact) mass is 447 g/mol. The summed E-state index contributed by atoms with van der Waals surface area (Å²) in [6.07, 6.45) is 0. The van der Waals surface area contributed by atoms with Crippen LogP contribution in [0.3, 0.4) is 0 Å². The Kier molecular flexibility index (Phi) is 6.48. The zero-order valence-corrected chi connectivity index (χ0v) is 17.5. The van der Waals surface area contributed by atoms with E-state index in [9.17, 15) is 22.4 Å². The maximum absolute atomic E-state index is 14.4. The summed E-state index contributed by atoms with van der Waals surface area (Å²) in [5.74, 6) is -1.71. The molecule has 156 valence electrons. The third kappa shape index (κ3) is 5.02. The lowest BCUT2D eigenvalue weighted by molar-refractivity contribution is -0.115. The van der Waals surface area contributed by atoms with Crippen molar-refractivity contribution in [1.82, 2.24) is 0 Å². The van der Waals surface area contributed by atoms with Gasteiger partial charge in [-0.1, -0.05) is 24.3 Å². The van der Waals surface area contributed by atoms with Gasteiger partial charge in [0.2, 0.25) is 11.8 Å². The van der Waals surface area contributed by atoms with E-state index in [1.807, 2.05) is 0 Å². The van der Waals surface area contributed by atoms with Crippen LogP contribution in [0.1, 0.15) is 6.92 Å². The number of rotatable bonds is 7. The van der Waals surface area contributed by atoms with Gasteiger partial charge in [-0.25, -0.2) is 12.8 Å². The lowest BCUT2D eigenvalue weighted by atomic mass is 10.2. The second-order valence-corrected chi connectivity index (χ2v) is 9.24. The van der Waals surface area contributed by atoms with E-state index in [1.54, 1.807) is 29.6 Å². The fraction of sp³-hybridized carbons (Fsp3) is 0.100. The smallest absolute Gasteiger partial charge is 0.274 e. The van der Waals surface area contributed by atoms with Crippen LogP contribution >= 0.6 is 11.3 Å². The van der Waals surface area contributed by atoms with Gasteiger partial charge >= 0.3 is 0 Å². The summed E-state index contributed by atoms with van der Waals surface area (Å²) in [5, 5.41) is 6.75. The fourth-order valence-corrected chi connectivity index (χ4v) is 5.21. The number of nitrogens with zero attached hydrogens (tertiary/aromatic N) is 1. The second-order valence-electron chi connectivity index (χ2n) is 6.21. The molecule has 2 N–H and O–H groups in total. The van der Waals surface area contributed by atoms with E-state index in [0.29, 0.717) is 11.4 Å². The molecule has 0 radical (unpaired) electrons. The van der Waals surface area contributed by atoms with E-state index < -0.39 is 28.3 Å². The molecule has 10 heteroatoms. The van der Waals surface area contributed by atoms with Crippen LogP contribution < -0.4 is 14.9 Å². The highest BCUT2D eigenvalue weighted by Crippen LogP contribution is 2.28. The largest absolute Gasteiger partial charge is 0.326 e. The van der Waals surface area contributed by atoms with Crippen molar-refractivity contribution in [3.63, 3.8) is 0 Å². The highest BCUT2D eigenvalue weighted by atomic mass is 32.2. The van der Waals surface area contributed by atoms with Crippen molar-refractivity contribution >= 4 is 50.2 Å². The van der Waals surface area contributed by atoms with Crippen molar-refractivity contribution in [3.8, 4) is 0 Å². The van der Waals surface area contributed by atoms with Gasteiger partial charge in [0.25, 0.3) is 10.0 Å². The molecule has 0 aliphatic rings. The zero-order valence-electron chi connectivity index (χ0n) is 15.8. The van der Waals surface area contributed by atoms with Crippen molar-refractivity contribution in [2.24, 2.45) is 0 Å². The number of halogens is 1. The molecule has 0 saturated heterocycles. The molecular weight excluding hydrogens is 429 g/mol. The summed E-state index contributed by atoms with van der Waals surface area (Å²) in [6.45, 7) is 0.721. The van der Waals surface area contributed by atoms with Crippen LogP contribution in [0.15, 0.2) is 70.3 Å². The molecule has 7 nitrogen and oxygen atoms in total. The predicted molar refractivity (Wildman–Crippen MR) is 115 cm³/mol. The molecule has 0 saturated carbocycles. The Morgan fingerprint density at radius 3 is 2.33 bits per heavy atom. The van der Waals surface area contributed by atoms with Crippen LogP contribution in [0.5, 0.6) is 0 Å². The summed E-state index contributed by atoms with van der Waals surface area (Å²) in [4.78, 5) is 23.8. The number of benzene rings is 2. The molecule has 0 aliphatic carbocycles. The SMILES string of the molecule is CC(=O)Nc1cccc(NC(=O)CN(c2ccccc2F)S(=O)(=O)c2cccs2)c1. The summed E-state index contributed by atoms with van der Waals surface area (Å²) in [7, 11) is -4.15. The first-order valence-electron chi connectivity index (χ1n) is 8.75. The van der Waals surface area contributed by atoms with Crippen LogP contribution in [0, 0.1) is 5.82 Å². The Balaban J connectivity index is 1.88. The number of carbonyl (C=O) groups is 2. The molecule has 30 heavy (non-hydrogen) atoms. The summed E-state index contributed by atoms with van der Waals surface area (Å²) < 4.78 is 41.2. The van der Waals surface area contributed by atoms with Gasteiger partial charge in [-0.15, -0.1) is 11.3 Å². The number of amides is 2. The molecule has 3 rings (SSSR count). The van der Waals surface area contributed by atoms with Gasteiger partial charge in [0, 0.05) is 18.3 Å². The number of hydrogen-bond donors (Lipinski definition) is 2. The van der Waals surface area contributed by atoms with E-state index in [1.165, 1.54) is 37.3 Å². The number of hydrogen-bond acceptors (Lipinski definition) is 5. The maximum atomic E-state index is 14.4. The van der Waals surface area contributed by atoms with E-state index >= 15 is 0 Å². The van der Waals surface area contributed by atoms with Gasteiger partial charge in [0.15, 0.2) is 0 Å². The molecule has 2 amide bonds. The van der Waals surface area contributed by atoms with Crippen LogP contribution in [0.4, 0.5) is 21.5 Å². The van der Waals surface area contributed by atoms with Gasteiger partial charge in [-0.3, -0.25) is 13.9 Å². The van der Waals surface area contributed by atoms with Crippen LogP contribution in [-0.2, 0) is 19.6 Å². The topological polar surface area (TPSA) is 95.6 Å². The van der Waals surface area contributed by atoms with Crippen LogP contribution in [0.2, 0.25) is 0 Å². The molecule has 0 unspecified atom stereocenters. The number of para-hydroxylation sites is 1. The molecule has 1 heterocycles. The Hall–Kier alpha value is -3.24. The van der Waals surface area contributed by atoms with Crippen molar-refractivity contribution < 1.29 is 22.4 Å². The van der Waals surface area contributed by atoms with E-state index in [-0.39, 0.29) is 15.8 Å². The van der Waals surface area contributed by atoms with Crippen LogP contribution in [0.25, 0.3) is 0 Å². The second kappa shape index (κ2) is 9.06. The van der Waals surface area contributed by atoms with E-state index in [0.717, 1.165) is 21.7 Å². The fourth-order valence-electron chi connectivity index (χ4n) is 2.68. The van der Waals surface area contributed by atoms with Gasteiger partial charge in [0.05, 0.1) is 5.69 Å².